The molecule has 0 heterocycles. The summed E-state index contributed by atoms with van der Waals surface area (Å²) in [6, 6.07) is 0. The van der Waals surface area contributed by atoms with Crippen LogP contribution in [0.25, 0.3) is 0 Å². The van der Waals surface area contributed by atoms with Gasteiger partial charge in [-0.1, -0.05) is 44.9 Å². The molecule has 0 saturated heterocycles. The van der Waals surface area contributed by atoms with Gasteiger partial charge in [-0.2, -0.15) is 0 Å². The average Bonchev–Trinajstić information content (AvgIpc) is 2.37. The van der Waals surface area contributed by atoms with Crippen LogP contribution in [0.5, 0.6) is 0 Å². The van der Waals surface area contributed by atoms with Crippen molar-refractivity contribution in [1.29, 1.82) is 0 Å². The van der Waals surface area contributed by atoms with Gasteiger partial charge in [0.25, 0.3) is 0 Å². The second-order valence-corrected chi connectivity index (χ2v) is 6.40. The van der Waals surface area contributed by atoms with Crippen molar-refractivity contribution >= 4 is 5.91 Å². The van der Waals surface area contributed by atoms with Crippen LogP contribution in [0.3, 0.4) is 0 Å². The third-order valence-corrected chi connectivity index (χ3v) is 4.88. The van der Waals surface area contributed by atoms with Crippen molar-refractivity contribution in [3.05, 3.63) is 0 Å². The summed E-state index contributed by atoms with van der Waals surface area (Å²) in [5.41, 5.74) is 0. The van der Waals surface area contributed by atoms with Crippen molar-refractivity contribution in [3.63, 3.8) is 0 Å². The molecule has 1 amide bonds. The number of aliphatic hydroxyl groups excluding tert-OH is 1. The zero-order chi connectivity index (χ0) is 13.5. The minimum Gasteiger partial charge on any atom is -0.393 e. The summed E-state index contributed by atoms with van der Waals surface area (Å²) in [7, 11) is 0. The smallest absolute Gasteiger partial charge is 0.223 e. The molecule has 3 nitrogen and oxygen atoms in total. The fourth-order valence-electron chi connectivity index (χ4n) is 3.52. The van der Waals surface area contributed by atoms with Gasteiger partial charge in [0, 0.05) is 18.4 Å². The van der Waals surface area contributed by atoms with Gasteiger partial charge in [-0.3, -0.25) is 4.79 Å². The Morgan fingerprint density at radius 3 is 2.16 bits per heavy atom. The van der Waals surface area contributed by atoms with Crippen LogP contribution in [0, 0.1) is 11.8 Å². The minimum atomic E-state index is -0.202. The van der Waals surface area contributed by atoms with E-state index in [2.05, 4.69) is 5.32 Å². The molecule has 2 atom stereocenters. The molecule has 0 aliphatic heterocycles. The molecule has 0 aromatic rings. The Morgan fingerprint density at radius 2 is 1.47 bits per heavy atom. The Hall–Kier alpha value is -0.570. The fourth-order valence-corrected chi connectivity index (χ4v) is 3.52. The lowest BCUT2D eigenvalue weighted by atomic mass is 9.86. The molecule has 110 valence electrons. The monoisotopic (exact) mass is 267 g/mol. The van der Waals surface area contributed by atoms with E-state index in [4.69, 9.17) is 0 Å². The number of amides is 1. The lowest BCUT2D eigenvalue weighted by Crippen LogP contribution is -2.39. The van der Waals surface area contributed by atoms with Gasteiger partial charge < -0.3 is 10.4 Å². The van der Waals surface area contributed by atoms with Gasteiger partial charge in [-0.05, 0) is 25.7 Å². The maximum atomic E-state index is 12.2. The molecule has 2 rings (SSSR count). The van der Waals surface area contributed by atoms with E-state index in [0.717, 1.165) is 32.1 Å². The number of hydrogen-bond acceptors (Lipinski definition) is 2. The first kappa shape index (κ1) is 14.8. The van der Waals surface area contributed by atoms with E-state index in [0.29, 0.717) is 6.54 Å². The molecule has 0 bridgehead atoms. The van der Waals surface area contributed by atoms with Crippen LogP contribution in [0.4, 0.5) is 0 Å². The summed E-state index contributed by atoms with van der Waals surface area (Å²) in [6.45, 7) is 0.677. The van der Waals surface area contributed by atoms with Crippen LogP contribution in [-0.2, 0) is 4.79 Å². The second-order valence-electron chi connectivity index (χ2n) is 6.40. The maximum absolute atomic E-state index is 12.2. The maximum Gasteiger partial charge on any atom is 0.223 e. The van der Waals surface area contributed by atoms with Gasteiger partial charge in [0.1, 0.15) is 0 Å². The van der Waals surface area contributed by atoms with Crippen LogP contribution < -0.4 is 5.32 Å². The zero-order valence-electron chi connectivity index (χ0n) is 12.1. The van der Waals surface area contributed by atoms with Crippen molar-refractivity contribution in [2.75, 3.05) is 6.54 Å². The number of rotatable bonds is 3. The van der Waals surface area contributed by atoms with E-state index >= 15 is 0 Å². The molecule has 2 unspecified atom stereocenters. The van der Waals surface area contributed by atoms with Gasteiger partial charge in [0.2, 0.25) is 5.91 Å². The highest BCUT2D eigenvalue weighted by Crippen LogP contribution is 2.25. The van der Waals surface area contributed by atoms with E-state index in [1.54, 1.807) is 0 Å². The molecule has 2 N–H and O–H groups in total. The minimum absolute atomic E-state index is 0.202. The highest BCUT2D eigenvalue weighted by Gasteiger charge is 2.25. The molecule has 0 radical (unpaired) electrons. The Balaban J connectivity index is 1.72. The quantitative estimate of drug-likeness (QED) is 0.826. The van der Waals surface area contributed by atoms with E-state index in [9.17, 15) is 9.90 Å². The third-order valence-electron chi connectivity index (χ3n) is 4.88. The van der Waals surface area contributed by atoms with Crippen molar-refractivity contribution < 1.29 is 9.90 Å². The number of carbonyl (C=O) groups is 1. The summed E-state index contributed by atoms with van der Waals surface area (Å²) in [6.07, 6.45) is 12.5. The van der Waals surface area contributed by atoms with E-state index in [1.807, 2.05) is 0 Å². The van der Waals surface area contributed by atoms with Crippen LogP contribution in [0.1, 0.15) is 70.6 Å². The Bertz CT molecular complexity index is 272. The molecule has 2 aliphatic carbocycles. The largest absolute Gasteiger partial charge is 0.393 e. The number of hydrogen-bond donors (Lipinski definition) is 2. The Labute approximate surface area is 117 Å². The molecule has 2 saturated carbocycles. The lowest BCUT2D eigenvalue weighted by Gasteiger charge is -2.28. The van der Waals surface area contributed by atoms with E-state index in [-0.39, 0.29) is 23.8 Å². The molecule has 0 aromatic heterocycles. The summed E-state index contributed by atoms with van der Waals surface area (Å²) < 4.78 is 0. The molecule has 0 aromatic carbocycles. The Kier molecular flexibility index (Phi) is 6.15. The SMILES string of the molecule is O=C(NCC1CCCCC1O)C1CCCCCCC1. The number of nitrogens with one attached hydrogen (secondary N) is 1. The third kappa shape index (κ3) is 4.79. The molecular weight excluding hydrogens is 238 g/mol. The lowest BCUT2D eigenvalue weighted by molar-refractivity contribution is -0.126. The predicted molar refractivity (Wildman–Crippen MR) is 76.8 cm³/mol. The summed E-state index contributed by atoms with van der Waals surface area (Å²) in [5.74, 6) is 0.743. The van der Waals surface area contributed by atoms with Crippen molar-refractivity contribution in [1.82, 2.24) is 5.32 Å². The summed E-state index contributed by atoms with van der Waals surface area (Å²) in [5, 5.41) is 13.0. The first-order valence-electron chi connectivity index (χ1n) is 8.23. The highest BCUT2D eigenvalue weighted by atomic mass is 16.3. The summed E-state index contributed by atoms with van der Waals surface area (Å²) in [4.78, 5) is 12.2. The summed E-state index contributed by atoms with van der Waals surface area (Å²) >= 11 is 0. The van der Waals surface area contributed by atoms with Crippen LogP contribution in [-0.4, -0.2) is 23.7 Å². The number of carbonyl (C=O) groups excluding carboxylic acids is 1. The normalized spacial score (nSPS) is 30.4. The topological polar surface area (TPSA) is 49.3 Å². The molecule has 0 spiro atoms. The van der Waals surface area contributed by atoms with Gasteiger partial charge in [0.05, 0.1) is 6.10 Å². The molecule has 2 aliphatic rings. The van der Waals surface area contributed by atoms with Gasteiger partial charge in [-0.15, -0.1) is 0 Å². The predicted octanol–water partition coefficient (Wildman–Crippen LogP) is 3.01. The first-order valence-corrected chi connectivity index (χ1v) is 8.23. The van der Waals surface area contributed by atoms with Crippen molar-refractivity contribution in [2.45, 2.75) is 76.7 Å². The van der Waals surface area contributed by atoms with Crippen LogP contribution in [0.15, 0.2) is 0 Å². The van der Waals surface area contributed by atoms with Crippen LogP contribution >= 0.6 is 0 Å². The second kappa shape index (κ2) is 7.88. The average molecular weight is 267 g/mol. The first-order chi connectivity index (χ1) is 9.27. The van der Waals surface area contributed by atoms with Crippen molar-refractivity contribution in [3.8, 4) is 0 Å². The van der Waals surface area contributed by atoms with Gasteiger partial charge in [0.15, 0.2) is 0 Å². The molecular formula is C16H29NO2. The zero-order valence-corrected chi connectivity index (χ0v) is 12.1. The Morgan fingerprint density at radius 1 is 0.895 bits per heavy atom. The number of aliphatic hydroxyl groups is 1. The molecule has 3 heteroatoms. The van der Waals surface area contributed by atoms with Gasteiger partial charge in [-0.25, -0.2) is 0 Å². The van der Waals surface area contributed by atoms with Crippen LogP contribution in [0.2, 0.25) is 0 Å². The molecule has 2 fully saturated rings. The highest BCUT2D eigenvalue weighted by molar-refractivity contribution is 5.78. The van der Waals surface area contributed by atoms with Gasteiger partial charge >= 0.3 is 0 Å². The fraction of sp³-hybridized carbons (Fsp3) is 0.938. The standard InChI is InChI=1S/C16H29NO2/c18-15-11-7-6-10-14(15)12-17-16(19)13-8-4-2-1-3-5-9-13/h13-15,18H,1-12H2,(H,17,19). The molecule has 19 heavy (non-hydrogen) atoms. The van der Waals surface area contributed by atoms with E-state index in [1.165, 1.54) is 38.5 Å². The van der Waals surface area contributed by atoms with Crippen molar-refractivity contribution in [2.24, 2.45) is 11.8 Å². The van der Waals surface area contributed by atoms with E-state index < -0.39 is 0 Å².